The van der Waals surface area contributed by atoms with Gasteiger partial charge in [-0.25, -0.2) is 4.79 Å². The summed E-state index contributed by atoms with van der Waals surface area (Å²) in [5, 5.41) is 9.14. The van der Waals surface area contributed by atoms with Crippen LogP contribution in [0.3, 0.4) is 0 Å². The molecule has 1 saturated heterocycles. The molecule has 0 bridgehead atoms. The van der Waals surface area contributed by atoms with Gasteiger partial charge in [0.05, 0.1) is 17.8 Å². The predicted octanol–water partition coefficient (Wildman–Crippen LogP) is 1.20. The molecule has 1 amide bonds. The quantitative estimate of drug-likeness (QED) is 0.886. The predicted molar refractivity (Wildman–Crippen MR) is 76.9 cm³/mol. The highest BCUT2D eigenvalue weighted by Crippen LogP contribution is 2.35. The number of hydrogen-bond donors (Lipinski definition) is 1. The Morgan fingerprint density at radius 1 is 1.33 bits per heavy atom. The van der Waals surface area contributed by atoms with E-state index in [0.717, 1.165) is 18.7 Å². The van der Waals surface area contributed by atoms with Crippen molar-refractivity contribution in [2.45, 2.75) is 19.4 Å². The van der Waals surface area contributed by atoms with E-state index >= 15 is 0 Å². The van der Waals surface area contributed by atoms with Gasteiger partial charge in [-0.15, -0.1) is 0 Å². The number of ether oxygens (including phenoxy) is 1. The summed E-state index contributed by atoms with van der Waals surface area (Å²) < 4.78 is 5.61. The molecule has 3 rings (SSSR count). The van der Waals surface area contributed by atoms with E-state index in [1.807, 2.05) is 4.90 Å². The number of nitrogens with zero attached hydrogens (tertiary/aromatic N) is 2. The van der Waals surface area contributed by atoms with Crippen LogP contribution in [0.25, 0.3) is 0 Å². The second-order valence-corrected chi connectivity index (χ2v) is 5.44. The molecule has 1 unspecified atom stereocenters. The maximum atomic E-state index is 11.5. The third-order valence-corrected chi connectivity index (χ3v) is 4.15. The van der Waals surface area contributed by atoms with Crippen molar-refractivity contribution in [2.24, 2.45) is 0 Å². The zero-order valence-electron chi connectivity index (χ0n) is 11.9. The van der Waals surface area contributed by atoms with Gasteiger partial charge in [0.2, 0.25) is 5.91 Å². The van der Waals surface area contributed by atoms with E-state index in [-0.39, 0.29) is 17.5 Å². The van der Waals surface area contributed by atoms with Crippen LogP contribution in [-0.2, 0) is 4.79 Å². The summed E-state index contributed by atoms with van der Waals surface area (Å²) in [6, 6.07) is 5.15. The van der Waals surface area contributed by atoms with Gasteiger partial charge in [0.25, 0.3) is 0 Å². The Balaban J connectivity index is 1.88. The zero-order valence-corrected chi connectivity index (χ0v) is 11.9. The third kappa shape index (κ3) is 2.53. The summed E-state index contributed by atoms with van der Waals surface area (Å²) in [6.07, 6.45) is 0.899. The highest BCUT2D eigenvalue weighted by atomic mass is 16.5. The molecule has 0 aromatic heterocycles. The van der Waals surface area contributed by atoms with Gasteiger partial charge in [-0.05, 0) is 24.6 Å². The molecule has 0 saturated carbocycles. The van der Waals surface area contributed by atoms with Gasteiger partial charge in [0, 0.05) is 26.1 Å². The standard InChI is InChI=1S/C15H18N2O4/c1-10(18)16-5-4-12(9-16)17-6-7-21-14-3-2-11(15(19)20)8-13(14)17/h2-3,8,12H,4-7,9H2,1H3,(H,19,20). The number of carbonyl (C=O) groups excluding carboxylic acids is 1. The maximum Gasteiger partial charge on any atom is 0.335 e. The summed E-state index contributed by atoms with van der Waals surface area (Å²) in [4.78, 5) is 26.6. The normalized spacial score (nSPS) is 20.9. The average Bonchev–Trinajstić information content (AvgIpc) is 2.95. The molecule has 1 atom stereocenters. The second-order valence-electron chi connectivity index (χ2n) is 5.44. The van der Waals surface area contributed by atoms with Crippen LogP contribution >= 0.6 is 0 Å². The van der Waals surface area contributed by atoms with Gasteiger partial charge in [0.15, 0.2) is 0 Å². The Morgan fingerprint density at radius 3 is 2.81 bits per heavy atom. The number of carboxylic acids is 1. The van der Waals surface area contributed by atoms with Crippen LogP contribution in [0.2, 0.25) is 0 Å². The molecule has 6 nitrogen and oxygen atoms in total. The summed E-state index contributed by atoms with van der Waals surface area (Å²) in [7, 11) is 0. The van der Waals surface area contributed by atoms with Gasteiger partial charge < -0.3 is 19.6 Å². The van der Waals surface area contributed by atoms with Crippen LogP contribution in [0.4, 0.5) is 5.69 Å². The molecule has 1 aromatic carbocycles. The molecule has 6 heteroatoms. The fraction of sp³-hybridized carbons (Fsp3) is 0.467. The zero-order chi connectivity index (χ0) is 15.0. The number of likely N-dealkylation sites (tertiary alicyclic amines) is 1. The van der Waals surface area contributed by atoms with Gasteiger partial charge in [-0.1, -0.05) is 0 Å². The summed E-state index contributed by atoms with van der Waals surface area (Å²) in [6.45, 7) is 4.32. The Morgan fingerprint density at radius 2 is 2.14 bits per heavy atom. The van der Waals surface area contributed by atoms with Gasteiger partial charge >= 0.3 is 5.97 Å². The second kappa shape index (κ2) is 5.27. The van der Waals surface area contributed by atoms with E-state index in [2.05, 4.69) is 4.90 Å². The molecule has 112 valence electrons. The molecule has 0 spiro atoms. The van der Waals surface area contributed by atoms with Crippen LogP contribution in [0.1, 0.15) is 23.7 Å². The number of rotatable bonds is 2. The van der Waals surface area contributed by atoms with E-state index in [1.165, 1.54) is 0 Å². The number of amides is 1. The Labute approximate surface area is 122 Å². The number of anilines is 1. The first kappa shape index (κ1) is 13.7. The fourth-order valence-electron chi connectivity index (χ4n) is 3.03. The first-order chi connectivity index (χ1) is 10.1. The molecule has 0 aliphatic carbocycles. The first-order valence-corrected chi connectivity index (χ1v) is 7.08. The molecule has 2 aliphatic heterocycles. The first-order valence-electron chi connectivity index (χ1n) is 7.08. The lowest BCUT2D eigenvalue weighted by molar-refractivity contribution is -0.127. The summed E-state index contributed by atoms with van der Waals surface area (Å²) in [5.41, 5.74) is 1.07. The van der Waals surface area contributed by atoms with E-state index < -0.39 is 5.97 Å². The topological polar surface area (TPSA) is 70.1 Å². The van der Waals surface area contributed by atoms with Gasteiger partial charge in [-0.3, -0.25) is 4.79 Å². The Bertz CT molecular complexity index is 587. The molecular formula is C15H18N2O4. The van der Waals surface area contributed by atoms with E-state index in [0.29, 0.717) is 25.4 Å². The summed E-state index contributed by atoms with van der Waals surface area (Å²) >= 11 is 0. The Hall–Kier alpha value is -2.24. The minimum Gasteiger partial charge on any atom is -0.490 e. The van der Waals surface area contributed by atoms with Crippen molar-refractivity contribution in [1.29, 1.82) is 0 Å². The highest BCUT2D eigenvalue weighted by molar-refractivity contribution is 5.89. The van der Waals surface area contributed by atoms with Gasteiger partial charge in [0.1, 0.15) is 12.4 Å². The van der Waals surface area contributed by atoms with Crippen LogP contribution in [0.15, 0.2) is 18.2 Å². The van der Waals surface area contributed by atoms with Crippen molar-refractivity contribution in [3.05, 3.63) is 23.8 Å². The largest absolute Gasteiger partial charge is 0.490 e. The lowest BCUT2D eigenvalue weighted by atomic mass is 10.1. The van der Waals surface area contributed by atoms with Crippen LogP contribution in [-0.4, -0.2) is 54.2 Å². The molecule has 2 heterocycles. The number of aromatic carboxylic acids is 1. The number of carboxylic acid groups (broad SMARTS) is 1. The maximum absolute atomic E-state index is 11.5. The van der Waals surface area contributed by atoms with Crippen molar-refractivity contribution < 1.29 is 19.4 Å². The summed E-state index contributed by atoms with van der Waals surface area (Å²) in [5.74, 6) is -0.141. The van der Waals surface area contributed by atoms with Crippen molar-refractivity contribution in [3.8, 4) is 5.75 Å². The SMILES string of the molecule is CC(=O)N1CCC(N2CCOc3ccc(C(=O)O)cc32)C1. The molecule has 1 aromatic rings. The van der Waals surface area contributed by atoms with Gasteiger partial charge in [-0.2, -0.15) is 0 Å². The number of benzene rings is 1. The highest BCUT2D eigenvalue weighted by Gasteiger charge is 2.32. The number of carbonyl (C=O) groups is 2. The molecule has 0 radical (unpaired) electrons. The van der Waals surface area contributed by atoms with Crippen molar-refractivity contribution in [3.63, 3.8) is 0 Å². The van der Waals surface area contributed by atoms with Crippen LogP contribution < -0.4 is 9.64 Å². The van der Waals surface area contributed by atoms with Crippen molar-refractivity contribution >= 4 is 17.6 Å². The Kier molecular flexibility index (Phi) is 3.45. The molecular weight excluding hydrogens is 272 g/mol. The lowest BCUT2D eigenvalue weighted by Crippen LogP contribution is -2.43. The average molecular weight is 290 g/mol. The van der Waals surface area contributed by atoms with Crippen molar-refractivity contribution in [2.75, 3.05) is 31.1 Å². The molecule has 1 N–H and O–H groups in total. The third-order valence-electron chi connectivity index (χ3n) is 4.15. The van der Waals surface area contributed by atoms with Crippen molar-refractivity contribution in [1.82, 2.24) is 4.90 Å². The minimum atomic E-state index is -0.944. The monoisotopic (exact) mass is 290 g/mol. The van der Waals surface area contributed by atoms with Crippen LogP contribution in [0, 0.1) is 0 Å². The number of fused-ring (bicyclic) bond motifs is 1. The van der Waals surface area contributed by atoms with E-state index in [4.69, 9.17) is 9.84 Å². The fourth-order valence-corrected chi connectivity index (χ4v) is 3.03. The molecule has 21 heavy (non-hydrogen) atoms. The van der Waals surface area contributed by atoms with Crippen LogP contribution in [0.5, 0.6) is 5.75 Å². The van der Waals surface area contributed by atoms with E-state index in [9.17, 15) is 9.59 Å². The minimum absolute atomic E-state index is 0.0882. The molecule has 1 fully saturated rings. The number of hydrogen-bond acceptors (Lipinski definition) is 4. The smallest absolute Gasteiger partial charge is 0.335 e. The molecule has 2 aliphatic rings. The van der Waals surface area contributed by atoms with E-state index in [1.54, 1.807) is 25.1 Å². The lowest BCUT2D eigenvalue weighted by Gasteiger charge is -2.36.